The number of imidazole rings is 1. The summed E-state index contributed by atoms with van der Waals surface area (Å²) in [4.78, 5) is 5.27. The molecule has 25 heavy (non-hydrogen) atoms. The van der Waals surface area contributed by atoms with E-state index in [1.54, 1.807) is 36.2 Å². The summed E-state index contributed by atoms with van der Waals surface area (Å²) in [5.74, 6) is 1.26. The van der Waals surface area contributed by atoms with Gasteiger partial charge in [-0.05, 0) is 36.8 Å². The molecule has 1 atom stereocenters. The van der Waals surface area contributed by atoms with Crippen molar-refractivity contribution in [3.8, 4) is 5.75 Å². The highest BCUT2D eigenvalue weighted by Gasteiger charge is 2.26. The minimum absolute atomic E-state index is 0.284. The van der Waals surface area contributed by atoms with Gasteiger partial charge in [0.25, 0.3) is 10.0 Å². The number of sulfonamides is 1. The lowest BCUT2D eigenvalue weighted by atomic mass is 10.1. The summed E-state index contributed by atoms with van der Waals surface area (Å²) in [6.07, 6.45) is 3.43. The highest BCUT2D eigenvalue weighted by Crippen LogP contribution is 2.28. The molecule has 132 valence electrons. The summed E-state index contributed by atoms with van der Waals surface area (Å²) in [5.41, 5.74) is 0.755. The largest absolute Gasteiger partial charge is 0.497 e. The first-order valence-corrected chi connectivity index (χ1v) is 9.90. The van der Waals surface area contributed by atoms with E-state index in [2.05, 4.69) is 9.71 Å². The summed E-state index contributed by atoms with van der Waals surface area (Å²) >= 11 is 1.24. The summed E-state index contributed by atoms with van der Waals surface area (Å²) in [6, 6.07) is 10.1. The molecule has 0 aliphatic rings. The molecule has 2 heterocycles. The molecule has 6 nitrogen and oxygen atoms in total. The number of aryl methyl sites for hydroxylation is 2. The van der Waals surface area contributed by atoms with Crippen molar-refractivity contribution in [1.82, 2.24) is 14.3 Å². The zero-order valence-electron chi connectivity index (χ0n) is 14.1. The number of nitrogens with zero attached hydrogens (tertiary/aromatic N) is 2. The van der Waals surface area contributed by atoms with Crippen LogP contribution in [0.5, 0.6) is 5.75 Å². The van der Waals surface area contributed by atoms with Crippen LogP contribution in [0.15, 0.2) is 53.0 Å². The number of methoxy groups -OCH3 is 1. The van der Waals surface area contributed by atoms with Gasteiger partial charge in [0.1, 0.15) is 21.8 Å². The molecule has 0 bridgehead atoms. The van der Waals surface area contributed by atoms with Gasteiger partial charge in [-0.3, -0.25) is 0 Å². The van der Waals surface area contributed by atoms with Gasteiger partial charge in [-0.2, -0.15) is 4.72 Å². The first kappa shape index (κ1) is 17.7. The zero-order chi connectivity index (χ0) is 18.0. The Labute approximate surface area is 151 Å². The number of ether oxygens (including phenoxy) is 1. The van der Waals surface area contributed by atoms with E-state index < -0.39 is 16.1 Å². The Morgan fingerprint density at radius 3 is 2.68 bits per heavy atom. The maximum atomic E-state index is 12.8. The zero-order valence-corrected chi connectivity index (χ0v) is 15.8. The van der Waals surface area contributed by atoms with Gasteiger partial charge < -0.3 is 9.30 Å². The van der Waals surface area contributed by atoms with Crippen molar-refractivity contribution in [2.24, 2.45) is 7.05 Å². The van der Waals surface area contributed by atoms with Gasteiger partial charge in [-0.15, -0.1) is 11.3 Å². The van der Waals surface area contributed by atoms with Gasteiger partial charge in [0.05, 0.1) is 7.11 Å². The highest BCUT2D eigenvalue weighted by atomic mass is 32.2. The van der Waals surface area contributed by atoms with E-state index in [4.69, 9.17) is 4.74 Å². The second-order valence-electron chi connectivity index (χ2n) is 5.59. The first-order valence-electron chi connectivity index (χ1n) is 7.60. The first-order chi connectivity index (χ1) is 11.9. The summed E-state index contributed by atoms with van der Waals surface area (Å²) in [7, 11) is -0.266. The van der Waals surface area contributed by atoms with Crippen LogP contribution in [-0.4, -0.2) is 25.1 Å². The smallest absolute Gasteiger partial charge is 0.251 e. The average Bonchev–Trinajstić information content (AvgIpc) is 3.21. The van der Waals surface area contributed by atoms with Crippen molar-refractivity contribution < 1.29 is 13.2 Å². The molecule has 0 saturated carbocycles. The third-order valence-corrected chi connectivity index (χ3v) is 6.71. The third kappa shape index (κ3) is 3.76. The second-order valence-corrected chi connectivity index (χ2v) is 8.82. The van der Waals surface area contributed by atoms with Crippen LogP contribution in [0.2, 0.25) is 0 Å². The van der Waals surface area contributed by atoms with Crippen LogP contribution < -0.4 is 9.46 Å². The Balaban J connectivity index is 2.04. The van der Waals surface area contributed by atoms with Gasteiger partial charge in [0, 0.05) is 24.3 Å². The lowest BCUT2D eigenvalue weighted by Crippen LogP contribution is -2.30. The molecule has 0 aliphatic heterocycles. The summed E-state index contributed by atoms with van der Waals surface area (Å²) in [5, 5.41) is 0. The van der Waals surface area contributed by atoms with E-state index in [0.717, 1.165) is 10.4 Å². The fourth-order valence-corrected chi connectivity index (χ4v) is 5.00. The minimum Gasteiger partial charge on any atom is -0.497 e. The quantitative estimate of drug-likeness (QED) is 0.717. The lowest BCUT2D eigenvalue weighted by molar-refractivity contribution is 0.413. The highest BCUT2D eigenvalue weighted by molar-refractivity contribution is 7.91. The van der Waals surface area contributed by atoms with E-state index in [1.165, 1.54) is 11.3 Å². The number of hydrogen-bond acceptors (Lipinski definition) is 5. The second kappa shape index (κ2) is 6.99. The van der Waals surface area contributed by atoms with Crippen molar-refractivity contribution in [2.45, 2.75) is 17.2 Å². The van der Waals surface area contributed by atoms with E-state index in [-0.39, 0.29) is 4.21 Å². The number of hydrogen-bond donors (Lipinski definition) is 1. The molecule has 3 aromatic rings. The van der Waals surface area contributed by atoms with E-state index in [1.807, 2.05) is 38.2 Å². The molecular weight excluding hydrogens is 358 g/mol. The van der Waals surface area contributed by atoms with Gasteiger partial charge in [-0.25, -0.2) is 13.4 Å². The molecule has 0 amide bonds. The van der Waals surface area contributed by atoms with E-state index >= 15 is 0 Å². The van der Waals surface area contributed by atoms with Gasteiger partial charge in [-0.1, -0.05) is 12.1 Å². The molecule has 0 saturated heterocycles. The Bertz CT molecular complexity index is 976. The molecule has 1 aromatic carbocycles. The average molecular weight is 377 g/mol. The van der Waals surface area contributed by atoms with Crippen molar-refractivity contribution in [1.29, 1.82) is 0 Å². The normalized spacial score (nSPS) is 12.9. The predicted molar refractivity (Wildman–Crippen MR) is 97.4 cm³/mol. The van der Waals surface area contributed by atoms with E-state index in [0.29, 0.717) is 11.6 Å². The molecule has 0 radical (unpaired) electrons. The van der Waals surface area contributed by atoms with Crippen LogP contribution in [0.4, 0.5) is 0 Å². The topological polar surface area (TPSA) is 73.2 Å². The van der Waals surface area contributed by atoms with Crippen LogP contribution in [0.1, 0.15) is 22.3 Å². The lowest BCUT2D eigenvalue weighted by Gasteiger charge is -2.19. The number of aromatic nitrogens is 2. The van der Waals surface area contributed by atoms with Crippen LogP contribution in [-0.2, 0) is 17.1 Å². The number of nitrogens with one attached hydrogen (secondary N) is 1. The fourth-order valence-electron chi connectivity index (χ4n) is 2.52. The van der Waals surface area contributed by atoms with Crippen LogP contribution in [0.3, 0.4) is 0 Å². The van der Waals surface area contributed by atoms with Crippen LogP contribution >= 0.6 is 11.3 Å². The number of benzene rings is 1. The molecule has 1 unspecified atom stereocenters. The Hall–Kier alpha value is -2.16. The summed E-state index contributed by atoms with van der Waals surface area (Å²) < 4.78 is 35.8. The fraction of sp³-hybridized carbons (Fsp3) is 0.235. The molecule has 0 spiro atoms. The SMILES string of the molecule is COc1cccc(C(NS(=O)(=O)c2ccc(C)s2)c2nccn2C)c1. The van der Waals surface area contributed by atoms with Crippen molar-refractivity contribution in [2.75, 3.05) is 7.11 Å². The standard InChI is InChI=1S/C17H19N3O3S2/c1-12-7-8-15(24-12)25(21,22)19-16(17-18-9-10-20(17)2)13-5-4-6-14(11-13)23-3/h4-11,16,19H,1-3H3. The molecule has 0 fully saturated rings. The van der Waals surface area contributed by atoms with E-state index in [9.17, 15) is 8.42 Å². The number of rotatable bonds is 6. The van der Waals surface area contributed by atoms with Crippen LogP contribution in [0, 0.1) is 6.92 Å². The monoisotopic (exact) mass is 377 g/mol. The minimum atomic E-state index is -3.67. The molecular formula is C17H19N3O3S2. The molecule has 0 aliphatic carbocycles. The molecule has 8 heteroatoms. The van der Waals surface area contributed by atoms with Gasteiger partial charge >= 0.3 is 0 Å². The van der Waals surface area contributed by atoms with Crippen molar-refractivity contribution in [3.05, 3.63) is 65.1 Å². The van der Waals surface area contributed by atoms with Crippen molar-refractivity contribution in [3.63, 3.8) is 0 Å². The van der Waals surface area contributed by atoms with Gasteiger partial charge in [0.15, 0.2) is 0 Å². The third-order valence-electron chi connectivity index (χ3n) is 3.80. The molecule has 3 rings (SSSR count). The Morgan fingerprint density at radius 2 is 2.08 bits per heavy atom. The molecule has 1 N–H and O–H groups in total. The van der Waals surface area contributed by atoms with Crippen LogP contribution in [0.25, 0.3) is 0 Å². The maximum Gasteiger partial charge on any atom is 0.251 e. The predicted octanol–water partition coefficient (Wildman–Crippen LogP) is 2.87. The maximum absolute atomic E-state index is 12.8. The van der Waals surface area contributed by atoms with Gasteiger partial charge in [0.2, 0.25) is 0 Å². The Kier molecular flexibility index (Phi) is 4.94. The summed E-state index contributed by atoms with van der Waals surface area (Å²) in [6.45, 7) is 1.88. The molecule has 2 aromatic heterocycles. The number of thiophene rings is 1. The Morgan fingerprint density at radius 1 is 1.28 bits per heavy atom. The van der Waals surface area contributed by atoms with Crippen molar-refractivity contribution >= 4 is 21.4 Å².